The zero-order chi connectivity index (χ0) is 14.3. The van der Waals surface area contributed by atoms with Crippen molar-refractivity contribution >= 4 is 11.8 Å². The Hall–Kier alpha value is -1.72. The summed E-state index contributed by atoms with van der Waals surface area (Å²) in [7, 11) is 1.28. The minimum atomic E-state index is -0.690. The largest absolute Gasteiger partial charge is 0.469 e. The van der Waals surface area contributed by atoms with Crippen molar-refractivity contribution < 1.29 is 19.4 Å². The van der Waals surface area contributed by atoms with Gasteiger partial charge in [0, 0.05) is 12.1 Å². The third-order valence-corrected chi connectivity index (χ3v) is 2.63. The molecule has 2 unspecified atom stereocenters. The Morgan fingerprint density at radius 1 is 1.32 bits per heavy atom. The summed E-state index contributed by atoms with van der Waals surface area (Å²) in [5, 5.41) is 12.1. The number of hydrogen-bond acceptors (Lipinski definition) is 5. The third-order valence-electron chi connectivity index (χ3n) is 2.63. The van der Waals surface area contributed by atoms with Crippen LogP contribution in [0.25, 0.3) is 0 Å². The Morgan fingerprint density at radius 3 is 2.47 bits per heavy atom. The van der Waals surface area contributed by atoms with Crippen LogP contribution in [0, 0.1) is 0 Å². The van der Waals surface area contributed by atoms with Gasteiger partial charge in [0.05, 0.1) is 25.7 Å². The second-order valence-electron chi connectivity index (χ2n) is 4.32. The van der Waals surface area contributed by atoms with Gasteiger partial charge in [0.1, 0.15) is 0 Å². The lowest BCUT2D eigenvalue weighted by molar-refractivity contribution is -0.141. The number of Topliss-reactive ketones (excluding diaryl/α,β-unsaturated/α-hetero) is 1. The zero-order valence-electron chi connectivity index (χ0n) is 11.1. The molecule has 0 bridgehead atoms. The molecule has 0 saturated heterocycles. The number of esters is 1. The lowest BCUT2D eigenvalue weighted by atomic mass is 10.0. The van der Waals surface area contributed by atoms with E-state index in [1.165, 1.54) is 7.11 Å². The average Bonchev–Trinajstić information content (AvgIpc) is 2.43. The molecule has 0 saturated carbocycles. The molecule has 0 aliphatic heterocycles. The summed E-state index contributed by atoms with van der Waals surface area (Å²) in [6, 6.07) is 8.03. The molecular weight excluding hydrogens is 246 g/mol. The average molecular weight is 265 g/mol. The summed E-state index contributed by atoms with van der Waals surface area (Å²) in [6.45, 7) is 1.84. The topological polar surface area (TPSA) is 75.6 Å². The highest BCUT2D eigenvalue weighted by atomic mass is 16.5. The first-order chi connectivity index (χ1) is 9.04. The molecule has 5 heteroatoms. The fourth-order valence-electron chi connectivity index (χ4n) is 1.62. The van der Waals surface area contributed by atoms with Crippen molar-refractivity contribution in [3.8, 4) is 0 Å². The first-order valence-electron chi connectivity index (χ1n) is 6.12. The SMILES string of the molecule is COC(=O)CC(NCC(C)O)C(=O)c1ccccc1. The second-order valence-corrected chi connectivity index (χ2v) is 4.32. The maximum atomic E-state index is 12.3. The quantitative estimate of drug-likeness (QED) is 0.562. The Bertz CT molecular complexity index is 417. The molecule has 1 aromatic rings. The number of ketones is 1. The molecule has 0 aromatic heterocycles. The van der Waals surface area contributed by atoms with Gasteiger partial charge in [-0.1, -0.05) is 30.3 Å². The van der Waals surface area contributed by atoms with Crippen LogP contribution < -0.4 is 5.32 Å². The van der Waals surface area contributed by atoms with Gasteiger partial charge in [0.15, 0.2) is 5.78 Å². The Morgan fingerprint density at radius 2 is 1.95 bits per heavy atom. The lowest BCUT2D eigenvalue weighted by Crippen LogP contribution is -2.42. The van der Waals surface area contributed by atoms with Crippen molar-refractivity contribution in [2.45, 2.75) is 25.5 Å². The van der Waals surface area contributed by atoms with Gasteiger partial charge in [-0.25, -0.2) is 0 Å². The molecule has 19 heavy (non-hydrogen) atoms. The Kier molecular flexibility index (Phi) is 6.18. The van der Waals surface area contributed by atoms with Gasteiger partial charge < -0.3 is 15.2 Å². The number of nitrogens with one attached hydrogen (secondary N) is 1. The maximum absolute atomic E-state index is 12.3. The highest BCUT2D eigenvalue weighted by Gasteiger charge is 2.23. The fraction of sp³-hybridized carbons (Fsp3) is 0.429. The van der Waals surface area contributed by atoms with Crippen molar-refractivity contribution in [3.05, 3.63) is 35.9 Å². The number of aliphatic hydroxyl groups is 1. The summed E-state index contributed by atoms with van der Waals surface area (Å²) in [6.07, 6.45) is -0.652. The van der Waals surface area contributed by atoms with Crippen molar-refractivity contribution in [1.29, 1.82) is 0 Å². The van der Waals surface area contributed by atoms with Gasteiger partial charge in [-0.3, -0.25) is 9.59 Å². The number of rotatable bonds is 7. The smallest absolute Gasteiger partial charge is 0.307 e. The van der Waals surface area contributed by atoms with Crippen LogP contribution >= 0.6 is 0 Å². The summed E-state index contributed by atoms with van der Waals surface area (Å²) in [5.74, 6) is -0.654. The minimum Gasteiger partial charge on any atom is -0.469 e. The Labute approximate surface area is 112 Å². The molecule has 0 aliphatic carbocycles. The van der Waals surface area contributed by atoms with Crippen molar-refractivity contribution in [2.75, 3.05) is 13.7 Å². The predicted molar refractivity (Wildman–Crippen MR) is 70.9 cm³/mol. The number of hydrogen-bond donors (Lipinski definition) is 2. The van der Waals surface area contributed by atoms with Gasteiger partial charge in [-0.05, 0) is 6.92 Å². The van der Waals surface area contributed by atoms with Crippen LogP contribution in [0.5, 0.6) is 0 Å². The zero-order valence-corrected chi connectivity index (χ0v) is 11.1. The van der Waals surface area contributed by atoms with E-state index in [1.54, 1.807) is 31.2 Å². The van der Waals surface area contributed by atoms with Crippen LogP contribution in [0.1, 0.15) is 23.7 Å². The van der Waals surface area contributed by atoms with E-state index in [2.05, 4.69) is 10.1 Å². The molecule has 0 heterocycles. The van der Waals surface area contributed by atoms with Crippen LogP contribution in [0.2, 0.25) is 0 Å². The number of ether oxygens (including phenoxy) is 1. The van der Waals surface area contributed by atoms with Crippen molar-refractivity contribution in [1.82, 2.24) is 5.32 Å². The molecule has 104 valence electrons. The molecule has 2 N–H and O–H groups in total. The van der Waals surface area contributed by atoms with Gasteiger partial charge in [0.2, 0.25) is 0 Å². The van der Waals surface area contributed by atoms with E-state index in [9.17, 15) is 14.7 Å². The molecule has 0 radical (unpaired) electrons. The molecular formula is C14H19NO4. The third kappa shape index (κ3) is 5.19. The van der Waals surface area contributed by atoms with E-state index in [0.717, 1.165) is 0 Å². The van der Waals surface area contributed by atoms with Crippen LogP contribution in [0.3, 0.4) is 0 Å². The van der Waals surface area contributed by atoms with Crippen molar-refractivity contribution in [2.24, 2.45) is 0 Å². The van der Waals surface area contributed by atoms with Gasteiger partial charge in [0.25, 0.3) is 0 Å². The monoisotopic (exact) mass is 265 g/mol. The van der Waals surface area contributed by atoms with Gasteiger partial charge >= 0.3 is 5.97 Å². The molecule has 5 nitrogen and oxygen atoms in total. The number of aliphatic hydroxyl groups excluding tert-OH is 1. The summed E-state index contributed by atoms with van der Waals surface area (Å²) < 4.78 is 4.58. The summed E-state index contributed by atoms with van der Waals surface area (Å²) in [5.41, 5.74) is 0.523. The molecule has 0 amide bonds. The number of benzene rings is 1. The molecule has 2 atom stereocenters. The van der Waals surface area contributed by atoms with E-state index < -0.39 is 18.1 Å². The number of carbonyl (C=O) groups excluding carboxylic acids is 2. The van der Waals surface area contributed by atoms with Crippen LogP contribution in [0.15, 0.2) is 30.3 Å². The fourth-order valence-corrected chi connectivity index (χ4v) is 1.62. The predicted octanol–water partition coefficient (Wildman–Crippen LogP) is 0.771. The van der Waals surface area contributed by atoms with E-state index in [1.807, 2.05) is 6.07 Å². The molecule has 0 fully saturated rings. The van der Waals surface area contributed by atoms with Crippen LogP contribution in [-0.2, 0) is 9.53 Å². The lowest BCUT2D eigenvalue weighted by Gasteiger charge is -2.17. The van der Waals surface area contributed by atoms with Crippen LogP contribution in [0.4, 0.5) is 0 Å². The van der Waals surface area contributed by atoms with E-state index in [-0.39, 0.29) is 18.7 Å². The minimum absolute atomic E-state index is 0.0586. The highest BCUT2D eigenvalue weighted by Crippen LogP contribution is 2.07. The summed E-state index contributed by atoms with van der Waals surface area (Å²) >= 11 is 0. The second kappa shape index (κ2) is 7.66. The van der Waals surface area contributed by atoms with E-state index in [0.29, 0.717) is 5.56 Å². The molecule has 0 aliphatic rings. The normalized spacial score (nSPS) is 13.6. The first-order valence-corrected chi connectivity index (χ1v) is 6.12. The van der Waals surface area contributed by atoms with Crippen molar-refractivity contribution in [3.63, 3.8) is 0 Å². The standard InChI is InChI=1S/C14H19NO4/c1-10(16)9-15-12(8-13(17)19-2)14(18)11-6-4-3-5-7-11/h3-7,10,12,15-16H,8-9H2,1-2H3. The highest BCUT2D eigenvalue weighted by molar-refractivity contribution is 6.01. The number of carbonyl (C=O) groups is 2. The molecule has 1 rings (SSSR count). The van der Waals surface area contributed by atoms with Gasteiger partial charge in [-0.15, -0.1) is 0 Å². The van der Waals surface area contributed by atoms with Gasteiger partial charge in [-0.2, -0.15) is 0 Å². The van der Waals surface area contributed by atoms with E-state index >= 15 is 0 Å². The first kappa shape index (κ1) is 15.3. The maximum Gasteiger partial charge on any atom is 0.307 e. The molecule has 0 spiro atoms. The van der Waals surface area contributed by atoms with E-state index in [4.69, 9.17) is 0 Å². The Balaban J connectivity index is 2.77. The molecule has 1 aromatic carbocycles. The number of methoxy groups -OCH3 is 1. The van der Waals surface area contributed by atoms with Crippen LogP contribution in [-0.4, -0.2) is 42.7 Å². The summed E-state index contributed by atoms with van der Waals surface area (Å²) in [4.78, 5) is 23.6.